The first-order valence-electron chi connectivity index (χ1n) is 4.89. The standard InChI is InChI=1S/C9H13FN2O2S/c1-2-11-3-6(10)7(4-11)12-8(13)5-15-9(12)14/h5-7,13H,2-4H2,1H3/t6-,7+/m1/s1. The topological polar surface area (TPSA) is 45.5 Å². The Morgan fingerprint density at radius 1 is 1.67 bits per heavy atom. The van der Waals surface area contributed by atoms with Gasteiger partial charge in [-0.25, -0.2) is 4.39 Å². The van der Waals surface area contributed by atoms with Crippen LogP contribution in [0.2, 0.25) is 0 Å². The predicted octanol–water partition coefficient (Wildman–Crippen LogP) is 0.830. The van der Waals surface area contributed by atoms with Crippen molar-refractivity contribution in [3.8, 4) is 5.88 Å². The van der Waals surface area contributed by atoms with Gasteiger partial charge in [-0.1, -0.05) is 18.3 Å². The molecule has 0 bridgehead atoms. The highest BCUT2D eigenvalue weighted by Crippen LogP contribution is 2.27. The van der Waals surface area contributed by atoms with Crippen LogP contribution in [0.5, 0.6) is 5.88 Å². The van der Waals surface area contributed by atoms with E-state index in [2.05, 4.69) is 0 Å². The number of nitrogens with zero attached hydrogens (tertiary/aromatic N) is 2. The summed E-state index contributed by atoms with van der Waals surface area (Å²) in [5.74, 6) is -0.129. The molecule has 15 heavy (non-hydrogen) atoms. The summed E-state index contributed by atoms with van der Waals surface area (Å²) in [6.45, 7) is 3.53. The van der Waals surface area contributed by atoms with E-state index in [0.29, 0.717) is 13.1 Å². The molecule has 1 saturated heterocycles. The van der Waals surface area contributed by atoms with Crippen LogP contribution in [0.15, 0.2) is 10.2 Å². The highest BCUT2D eigenvalue weighted by atomic mass is 32.1. The van der Waals surface area contributed by atoms with Crippen molar-refractivity contribution in [2.45, 2.75) is 19.1 Å². The van der Waals surface area contributed by atoms with Crippen molar-refractivity contribution in [1.29, 1.82) is 0 Å². The van der Waals surface area contributed by atoms with Crippen molar-refractivity contribution in [3.05, 3.63) is 15.0 Å². The van der Waals surface area contributed by atoms with Gasteiger partial charge in [-0.2, -0.15) is 0 Å². The molecule has 1 N–H and O–H groups in total. The van der Waals surface area contributed by atoms with Crippen LogP contribution in [0.25, 0.3) is 0 Å². The third kappa shape index (κ3) is 1.79. The van der Waals surface area contributed by atoms with Crippen molar-refractivity contribution in [2.75, 3.05) is 19.6 Å². The molecular weight excluding hydrogens is 219 g/mol. The quantitative estimate of drug-likeness (QED) is 0.821. The Hall–Kier alpha value is -0.880. The van der Waals surface area contributed by atoms with E-state index in [4.69, 9.17) is 0 Å². The molecule has 2 heterocycles. The smallest absolute Gasteiger partial charge is 0.310 e. The van der Waals surface area contributed by atoms with Gasteiger partial charge in [0, 0.05) is 13.1 Å². The van der Waals surface area contributed by atoms with Crippen LogP contribution in [-0.4, -0.2) is 40.4 Å². The van der Waals surface area contributed by atoms with Gasteiger partial charge in [0.1, 0.15) is 6.17 Å². The molecule has 0 spiro atoms. The van der Waals surface area contributed by atoms with Crippen LogP contribution in [0, 0.1) is 0 Å². The number of thiazole rings is 1. The van der Waals surface area contributed by atoms with E-state index in [-0.39, 0.29) is 10.8 Å². The summed E-state index contributed by atoms with van der Waals surface area (Å²) in [5.41, 5.74) is 0. The zero-order chi connectivity index (χ0) is 11.0. The minimum Gasteiger partial charge on any atom is -0.494 e. The number of alkyl halides is 1. The average molecular weight is 232 g/mol. The maximum atomic E-state index is 13.6. The SMILES string of the molecule is CCN1C[C@@H](F)[C@@H](n2c(O)csc2=O)C1. The minimum absolute atomic E-state index is 0.129. The molecule has 1 aliphatic rings. The lowest BCUT2D eigenvalue weighted by molar-refractivity contribution is 0.260. The molecule has 2 rings (SSSR count). The van der Waals surface area contributed by atoms with E-state index < -0.39 is 12.2 Å². The molecule has 6 heteroatoms. The first kappa shape index (κ1) is 10.6. The van der Waals surface area contributed by atoms with Crippen LogP contribution in [-0.2, 0) is 0 Å². The van der Waals surface area contributed by atoms with E-state index in [0.717, 1.165) is 22.4 Å². The molecule has 0 saturated carbocycles. The van der Waals surface area contributed by atoms with Crippen LogP contribution in [0.4, 0.5) is 4.39 Å². The van der Waals surface area contributed by atoms with Gasteiger partial charge in [-0.3, -0.25) is 14.3 Å². The van der Waals surface area contributed by atoms with Crippen molar-refractivity contribution in [3.63, 3.8) is 0 Å². The fourth-order valence-corrected chi connectivity index (χ4v) is 2.60. The fourth-order valence-electron chi connectivity index (χ4n) is 1.94. The third-order valence-electron chi connectivity index (χ3n) is 2.78. The van der Waals surface area contributed by atoms with Gasteiger partial charge in [0.25, 0.3) is 0 Å². The summed E-state index contributed by atoms with van der Waals surface area (Å²) in [6.07, 6.45) is -1.08. The van der Waals surface area contributed by atoms with E-state index >= 15 is 0 Å². The van der Waals surface area contributed by atoms with Crippen LogP contribution in [0.1, 0.15) is 13.0 Å². The summed E-state index contributed by atoms with van der Waals surface area (Å²) >= 11 is 0.901. The molecule has 4 nitrogen and oxygen atoms in total. The lowest BCUT2D eigenvalue weighted by atomic mass is 10.2. The fraction of sp³-hybridized carbons (Fsp3) is 0.667. The van der Waals surface area contributed by atoms with Crippen LogP contribution in [0.3, 0.4) is 0 Å². The van der Waals surface area contributed by atoms with Gasteiger partial charge >= 0.3 is 4.87 Å². The number of aromatic nitrogens is 1. The van der Waals surface area contributed by atoms with Crippen LogP contribution < -0.4 is 4.87 Å². The predicted molar refractivity (Wildman–Crippen MR) is 56.3 cm³/mol. The van der Waals surface area contributed by atoms with E-state index in [1.807, 2.05) is 11.8 Å². The summed E-state index contributed by atoms with van der Waals surface area (Å²) in [7, 11) is 0. The summed E-state index contributed by atoms with van der Waals surface area (Å²) in [6, 6.07) is -0.538. The van der Waals surface area contributed by atoms with Gasteiger partial charge in [-0.15, -0.1) is 0 Å². The number of hydrogen-bond acceptors (Lipinski definition) is 4. The second kappa shape index (κ2) is 3.94. The Kier molecular flexibility index (Phi) is 2.79. The van der Waals surface area contributed by atoms with Crippen molar-refractivity contribution in [2.24, 2.45) is 0 Å². The van der Waals surface area contributed by atoms with Gasteiger partial charge in [0.2, 0.25) is 5.88 Å². The number of hydrogen-bond donors (Lipinski definition) is 1. The molecule has 0 radical (unpaired) electrons. The number of likely N-dealkylation sites (tertiary alicyclic amines) is 1. The van der Waals surface area contributed by atoms with Crippen molar-refractivity contribution in [1.82, 2.24) is 9.47 Å². The van der Waals surface area contributed by atoms with E-state index in [1.165, 1.54) is 5.38 Å². The third-order valence-corrected chi connectivity index (χ3v) is 3.51. The first-order valence-corrected chi connectivity index (χ1v) is 5.77. The average Bonchev–Trinajstić information content (AvgIpc) is 2.71. The summed E-state index contributed by atoms with van der Waals surface area (Å²) in [4.78, 5) is 13.0. The van der Waals surface area contributed by atoms with Gasteiger partial charge in [-0.05, 0) is 6.54 Å². The summed E-state index contributed by atoms with van der Waals surface area (Å²) < 4.78 is 14.8. The van der Waals surface area contributed by atoms with Gasteiger partial charge in [0.15, 0.2) is 0 Å². The molecular formula is C9H13FN2O2S. The number of rotatable bonds is 2. The van der Waals surface area contributed by atoms with Crippen molar-refractivity contribution >= 4 is 11.3 Å². The first-order chi connectivity index (χ1) is 7.13. The zero-order valence-corrected chi connectivity index (χ0v) is 9.21. The Labute approximate surface area is 90.6 Å². The van der Waals surface area contributed by atoms with Gasteiger partial charge < -0.3 is 5.11 Å². The molecule has 0 aliphatic carbocycles. The maximum Gasteiger partial charge on any atom is 0.310 e. The molecule has 84 valence electrons. The Morgan fingerprint density at radius 2 is 2.40 bits per heavy atom. The van der Waals surface area contributed by atoms with Crippen LogP contribution >= 0.6 is 11.3 Å². The lowest BCUT2D eigenvalue weighted by Crippen LogP contribution is -2.26. The summed E-state index contributed by atoms with van der Waals surface area (Å²) in [5, 5.41) is 10.8. The minimum atomic E-state index is -1.08. The Bertz CT molecular complexity index is 403. The Morgan fingerprint density at radius 3 is 2.87 bits per heavy atom. The number of halogens is 1. The second-order valence-electron chi connectivity index (χ2n) is 3.67. The molecule has 2 atom stereocenters. The second-order valence-corrected chi connectivity index (χ2v) is 4.49. The zero-order valence-electron chi connectivity index (χ0n) is 8.39. The maximum absolute atomic E-state index is 13.6. The van der Waals surface area contributed by atoms with Crippen molar-refractivity contribution < 1.29 is 9.50 Å². The highest BCUT2D eigenvalue weighted by molar-refractivity contribution is 7.07. The number of aromatic hydroxyl groups is 1. The van der Waals surface area contributed by atoms with E-state index in [9.17, 15) is 14.3 Å². The molecule has 0 unspecified atom stereocenters. The molecule has 1 aromatic heterocycles. The van der Waals surface area contributed by atoms with Gasteiger partial charge in [0.05, 0.1) is 11.4 Å². The molecule has 0 aromatic carbocycles. The normalized spacial score (nSPS) is 27.3. The molecule has 1 fully saturated rings. The lowest BCUT2D eigenvalue weighted by Gasteiger charge is -2.14. The Balaban J connectivity index is 2.29. The number of likely N-dealkylation sites (N-methyl/N-ethyl adjacent to an activating group) is 1. The highest BCUT2D eigenvalue weighted by Gasteiger charge is 2.35. The molecule has 1 aliphatic heterocycles. The monoisotopic (exact) mass is 232 g/mol. The molecule has 0 amide bonds. The largest absolute Gasteiger partial charge is 0.494 e. The van der Waals surface area contributed by atoms with E-state index in [1.54, 1.807) is 0 Å². The molecule has 1 aromatic rings.